The van der Waals surface area contributed by atoms with Crippen LogP contribution in [0.4, 0.5) is 15.8 Å². The van der Waals surface area contributed by atoms with Crippen molar-refractivity contribution >= 4 is 50.5 Å². The average molecular weight is 467 g/mol. The number of amides is 1. The second-order valence-electron chi connectivity index (χ2n) is 6.48. The molecule has 0 aromatic heterocycles. The lowest BCUT2D eigenvalue weighted by Gasteiger charge is -2.24. The van der Waals surface area contributed by atoms with Crippen molar-refractivity contribution in [3.63, 3.8) is 0 Å². The molecule has 3 aromatic carbocycles. The maximum absolute atomic E-state index is 13.3. The van der Waals surface area contributed by atoms with Crippen molar-refractivity contribution in [1.29, 1.82) is 0 Å². The first-order valence-corrected chi connectivity index (χ1v) is 11.0. The summed E-state index contributed by atoms with van der Waals surface area (Å²) in [5, 5.41) is 2.69. The predicted molar refractivity (Wildman–Crippen MR) is 117 cm³/mol. The zero-order valence-electron chi connectivity index (χ0n) is 15.8. The van der Waals surface area contributed by atoms with Gasteiger partial charge in [-0.3, -0.25) is 9.10 Å². The van der Waals surface area contributed by atoms with Gasteiger partial charge in [0, 0.05) is 10.7 Å². The molecule has 9 heteroatoms. The van der Waals surface area contributed by atoms with E-state index in [1.54, 1.807) is 30.3 Å². The normalized spacial score (nSPS) is 11.2. The lowest BCUT2D eigenvalue weighted by Crippen LogP contribution is -2.38. The smallest absolute Gasteiger partial charge is 0.264 e. The van der Waals surface area contributed by atoms with E-state index in [2.05, 4.69) is 5.32 Å². The second-order valence-corrected chi connectivity index (χ2v) is 9.19. The van der Waals surface area contributed by atoms with Crippen molar-refractivity contribution in [1.82, 2.24) is 0 Å². The number of benzene rings is 3. The molecule has 3 aromatic rings. The molecule has 0 spiro atoms. The van der Waals surface area contributed by atoms with E-state index in [1.807, 2.05) is 6.92 Å². The number of aryl methyl sites for hydroxylation is 1. The fourth-order valence-corrected chi connectivity index (χ4v) is 4.47. The molecular formula is C21H17Cl2FN2O3S. The molecule has 0 fully saturated rings. The van der Waals surface area contributed by atoms with Crippen LogP contribution in [0.5, 0.6) is 0 Å². The van der Waals surface area contributed by atoms with Gasteiger partial charge >= 0.3 is 0 Å². The second kappa shape index (κ2) is 9.04. The van der Waals surface area contributed by atoms with Crippen molar-refractivity contribution in [2.45, 2.75) is 11.8 Å². The Morgan fingerprint density at radius 3 is 2.37 bits per heavy atom. The van der Waals surface area contributed by atoms with Gasteiger partial charge in [-0.15, -0.1) is 0 Å². The average Bonchev–Trinajstić information content (AvgIpc) is 2.69. The van der Waals surface area contributed by atoms with Crippen molar-refractivity contribution in [2.75, 3.05) is 16.2 Å². The van der Waals surface area contributed by atoms with E-state index in [1.165, 1.54) is 30.3 Å². The van der Waals surface area contributed by atoms with Gasteiger partial charge in [-0.05, 0) is 55.5 Å². The molecule has 0 heterocycles. The molecule has 0 saturated carbocycles. The van der Waals surface area contributed by atoms with Gasteiger partial charge in [0.25, 0.3) is 10.0 Å². The van der Waals surface area contributed by atoms with Crippen LogP contribution in [0.25, 0.3) is 0 Å². The fourth-order valence-electron chi connectivity index (χ4n) is 2.69. The summed E-state index contributed by atoms with van der Waals surface area (Å²) in [6.07, 6.45) is 0. The molecule has 1 N–H and O–H groups in total. The molecule has 0 aliphatic heterocycles. The van der Waals surface area contributed by atoms with Gasteiger partial charge in [0.05, 0.1) is 15.6 Å². The Balaban J connectivity index is 1.94. The Hall–Kier alpha value is -2.61. The molecule has 0 aliphatic rings. The van der Waals surface area contributed by atoms with Crippen LogP contribution in [-0.4, -0.2) is 20.9 Å². The van der Waals surface area contributed by atoms with E-state index in [9.17, 15) is 17.6 Å². The highest BCUT2D eigenvalue weighted by molar-refractivity contribution is 7.92. The first kappa shape index (κ1) is 22.1. The zero-order chi connectivity index (χ0) is 21.9. The highest BCUT2D eigenvalue weighted by atomic mass is 35.5. The molecule has 0 unspecified atom stereocenters. The summed E-state index contributed by atoms with van der Waals surface area (Å²) in [7, 11) is -4.06. The molecule has 5 nitrogen and oxygen atoms in total. The highest BCUT2D eigenvalue weighted by Crippen LogP contribution is 2.27. The number of hydrogen-bond acceptors (Lipinski definition) is 3. The summed E-state index contributed by atoms with van der Waals surface area (Å²) in [6, 6.07) is 16.2. The summed E-state index contributed by atoms with van der Waals surface area (Å²) in [6.45, 7) is 1.32. The third kappa shape index (κ3) is 5.11. The lowest BCUT2D eigenvalue weighted by atomic mass is 10.2. The Kier molecular flexibility index (Phi) is 6.65. The summed E-state index contributed by atoms with van der Waals surface area (Å²) < 4.78 is 40.8. The minimum absolute atomic E-state index is 0.0331. The van der Waals surface area contributed by atoms with Crippen molar-refractivity contribution in [3.05, 3.63) is 88.2 Å². The Bertz CT molecular complexity index is 1190. The number of sulfonamides is 1. The van der Waals surface area contributed by atoms with E-state index in [-0.39, 0.29) is 21.3 Å². The van der Waals surface area contributed by atoms with Gasteiger partial charge < -0.3 is 5.32 Å². The maximum atomic E-state index is 13.3. The Labute approximate surface area is 184 Å². The van der Waals surface area contributed by atoms with Gasteiger partial charge in [0.15, 0.2) is 0 Å². The number of nitrogens with one attached hydrogen (secondary N) is 1. The van der Waals surface area contributed by atoms with Crippen LogP contribution >= 0.6 is 23.2 Å². The first-order valence-electron chi connectivity index (χ1n) is 8.77. The van der Waals surface area contributed by atoms with Crippen LogP contribution in [0.3, 0.4) is 0 Å². The van der Waals surface area contributed by atoms with E-state index < -0.39 is 28.3 Å². The molecular weight excluding hydrogens is 450 g/mol. The quantitative estimate of drug-likeness (QED) is 0.537. The van der Waals surface area contributed by atoms with Crippen LogP contribution < -0.4 is 9.62 Å². The van der Waals surface area contributed by atoms with Gasteiger partial charge in [-0.1, -0.05) is 47.0 Å². The topological polar surface area (TPSA) is 66.5 Å². The molecule has 0 atom stereocenters. The van der Waals surface area contributed by atoms with Crippen LogP contribution in [0.1, 0.15) is 5.56 Å². The zero-order valence-corrected chi connectivity index (χ0v) is 18.1. The van der Waals surface area contributed by atoms with Gasteiger partial charge in [0.2, 0.25) is 5.91 Å². The lowest BCUT2D eigenvalue weighted by molar-refractivity contribution is -0.114. The third-order valence-electron chi connectivity index (χ3n) is 4.20. The molecule has 3 rings (SSSR count). The number of halogens is 3. The van der Waals surface area contributed by atoms with Crippen LogP contribution in [-0.2, 0) is 14.8 Å². The summed E-state index contributed by atoms with van der Waals surface area (Å²) in [4.78, 5) is 12.7. The van der Waals surface area contributed by atoms with Gasteiger partial charge in [-0.25, -0.2) is 12.8 Å². The van der Waals surface area contributed by atoms with Crippen LogP contribution in [0.15, 0.2) is 71.6 Å². The molecule has 0 aliphatic carbocycles. The summed E-state index contributed by atoms with van der Waals surface area (Å²) in [5.74, 6) is -1.26. The predicted octanol–water partition coefficient (Wildman–Crippen LogP) is 5.27. The molecule has 156 valence electrons. The number of nitrogens with zero attached hydrogens (tertiary/aromatic N) is 1. The van der Waals surface area contributed by atoms with E-state index >= 15 is 0 Å². The summed E-state index contributed by atoms with van der Waals surface area (Å²) in [5.41, 5.74) is 1.37. The van der Waals surface area contributed by atoms with E-state index in [4.69, 9.17) is 23.2 Å². The highest BCUT2D eigenvalue weighted by Gasteiger charge is 2.27. The third-order valence-corrected chi connectivity index (χ3v) is 6.51. The van der Waals surface area contributed by atoms with Crippen molar-refractivity contribution in [2.24, 2.45) is 0 Å². The molecule has 0 radical (unpaired) electrons. The number of hydrogen-bond donors (Lipinski definition) is 1. The van der Waals surface area contributed by atoms with Gasteiger partial charge in [-0.2, -0.15) is 0 Å². The number of rotatable bonds is 6. The van der Waals surface area contributed by atoms with Crippen LogP contribution in [0.2, 0.25) is 10.0 Å². The first-order chi connectivity index (χ1) is 14.2. The monoisotopic (exact) mass is 466 g/mol. The minimum Gasteiger partial charge on any atom is -0.324 e. The number of anilines is 2. The Morgan fingerprint density at radius 1 is 1.03 bits per heavy atom. The molecule has 1 amide bonds. The number of carbonyl (C=O) groups excluding carboxylic acids is 1. The molecule has 0 saturated heterocycles. The summed E-state index contributed by atoms with van der Waals surface area (Å²) >= 11 is 11.8. The van der Waals surface area contributed by atoms with Gasteiger partial charge in [0.1, 0.15) is 12.4 Å². The minimum atomic E-state index is -4.06. The van der Waals surface area contributed by atoms with E-state index in [0.29, 0.717) is 5.02 Å². The van der Waals surface area contributed by atoms with Crippen molar-refractivity contribution in [3.8, 4) is 0 Å². The largest absolute Gasteiger partial charge is 0.324 e. The standard InChI is InChI=1S/C21H17Cl2FN2O3S/c1-14-5-8-18(9-6-14)30(28,29)26(17-4-2-3-15(22)11-17)13-21(27)25-16-7-10-20(24)19(23)12-16/h2-12H,13H2,1H3,(H,25,27). The fraction of sp³-hybridized carbons (Fsp3) is 0.0952. The number of carbonyl (C=O) groups is 1. The molecule has 0 bridgehead atoms. The SMILES string of the molecule is Cc1ccc(S(=O)(=O)N(CC(=O)Nc2ccc(F)c(Cl)c2)c2cccc(Cl)c2)cc1. The van der Waals surface area contributed by atoms with Crippen molar-refractivity contribution < 1.29 is 17.6 Å². The van der Waals surface area contributed by atoms with Crippen LogP contribution in [0, 0.1) is 12.7 Å². The molecule has 30 heavy (non-hydrogen) atoms. The van der Waals surface area contributed by atoms with E-state index in [0.717, 1.165) is 15.9 Å². The maximum Gasteiger partial charge on any atom is 0.264 e. The Morgan fingerprint density at radius 2 is 1.73 bits per heavy atom.